The Morgan fingerprint density at radius 1 is 0.786 bits per heavy atom. The van der Waals surface area contributed by atoms with Crippen LogP contribution in [0.25, 0.3) is 0 Å². The monoisotopic (exact) mass is 248 g/mol. The Kier molecular flexibility index (Phi) is 3.76. The molecule has 0 N–H and O–H groups in total. The van der Waals surface area contributed by atoms with Gasteiger partial charge in [-0.05, 0) is 0 Å². The summed E-state index contributed by atoms with van der Waals surface area (Å²) < 4.78 is 60.1. The van der Waals surface area contributed by atoms with E-state index in [1.54, 1.807) is 0 Å². The SMILES string of the molecule is CN(C)[N+](C)(C)C.F[P-](F)(F)(F)(F)F. The van der Waals surface area contributed by atoms with Crippen LogP contribution in [0.4, 0.5) is 25.2 Å². The van der Waals surface area contributed by atoms with Crippen molar-refractivity contribution < 1.29 is 29.8 Å². The van der Waals surface area contributed by atoms with Crippen LogP contribution < -0.4 is 0 Å². The fraction of sp³-hybridized carbons (Fsp3) is 1.00. The van der Waals surface area contributed by atoms with Crippen LogP contribution in [-0.4, -0.2) is 44.8 Å². The molecule has 0 aliphatic rings. The van der Waals surface area contributed by atoms with E-state index in [1.165, 1.54) is 0 Å². The van der Waals surface area contributed by atoms with E-state index in [0.717, 1.165) is 4.59 Å². The molecule has 0 rings (SSSR count). The molecule has 0 unspecified atom stereocenters. The fourth-order valence-electron chi connectivity index (χ4n) is 0. The van der Waals surface area contributed by atoms with E-state index in [2.05, 4.69) is 40.2 Å². The van der Waals surface area contributed by atoms with Crippen molar-refractivity contribution in [2.75, 3.05) is 35.2 Å². The van der Waals surface area contributed by atoms with Gasteiger partial charge in [0.15, 0.2) is 0 Å². The Morgan fingerprint density at radius 3 is 0.857 bits per heavy atom. The van der Waals surface area contributed by atoms with Gasteiger partial charge in [0.05, 0.1) is 21.1 Å². The molecule has 14 heavy (non-hydrogen) atoms. The van der Waals surface area contributed by atoms with Gasteiger partial charge in [0, 0.05) is 14.1 Å². The molecule has 0 aromatic heterocycles. The minimum absolute atomic E-state index is 0.889. The number of hydrogen-bond acceptors (Lipinski definition) is 1. The zero-order valence-corrected chi connectivity index (χ0v) is 9.50. The molecule has 2 nitrogen and oxygen atoms in total. The molecule has 0 aromatic carbocycles. The van der Waals surface area contributed by atoms with Crippen molar-refractivity contribution >= 4 is 7.81 Å². The van der Waals surface area contributed by atoms with E-state index >= 15 is 0 Å². The summed E-state index contributed by atoms with van der Waals surface area (Å²) in [6.45, 7) is 0. The summed E-state index contributed by atoms with van der Waals surface area (Å²) in [5, 5.41) is 2.12. The molecule has 0 saturated carbocycles. The van der Waals surface area contributed by atoms with Gasteiger partial charge in [0.2, 0.25) is 0 Å². The standard InChI is InChI=1S/C5H15N2.F6P/c1-6(2)7(3,4)5;1-7(2,3,4,5)6/h1-5H3;/q+1;-1. The molecule has 0 amide bonds. The van der Waals surface area contributed by atoms with E-state index < -0.39 is 7.81 Å². The molecule has 0 spiro atoms. The topological polar surface area (TPSA) is 3.24 Å². The van der Waals surface area contributed by atoms with Gasteiger partial charge in [-0.15, -0.1) is 0 Å². The number of halogens is 6. The molecule has 0 radical (unpaired) electrons. The van der Waals surface area contributed by atoms with Crippen LogP contribution in [0, 0.1) is 0 Å². The van der Waals surface area contributed by atoms with Crippen molar-refractivity contribution in [2.24, 2.45) is 0 Å². The average molecular weight is 248 g/mol. The Hall–Kier alpha value is -0.0700. The molecular weight excluding hydrogens is 233 g/mol. The summed E-state index contributed by atoms with van der Waals surface area (Å²) in [5.74, 6) is 0. The van der Waals surface area contributed by atoms with Crippen LogP contribution >= 0.6 is 7.81 Å². The van der Waals surface area contributed by atoms with Gasteiger partial charge < -0.3 is 0 Å². The summed E-state index contributed by atoms with van der Waals surface area (Å²) in [6, 6.07) is 0. The Bertz CT molecular complexity index is 174. The third kappa shape index (κ3) is 40.5. The molecule has 0 saturated heterocycles. The van der Waals surface area contributed by atoms with E-state index in [-0.39, 0.29) is 0 Å². The molecule has 0 fully saturated rings. The second kappa shape index (κ2) is 3.21. The first-order valence-electron chi connectivity index (χ1n) is 3.45. The zero-order valence-electron chi connectivity index (χ0n) is 8.61. The van der Waals surface area contributed by atoms with Crippen molar-refractivity contribution in [3.8, 4) is 0 Å². The van der Waals surface area contributed by atoms with Gasteiger partial charge in [-0.2, -0.15) is 5.01 Å². The maximum atomic E-state index is 9.87. The maximum absolute atomic E-state index is 10.7. The van der Waals surface area contributed by atoms with Crippen LogP contribution in [0.1, 0.15) is 0 Å². The Morgan fingerprint density at radius 2 is 0.857 bits per heavy atom. The first kappa shape index (κ1) is 16.4. The third-order valence-corrected chi connectivity index (χ3v) is 1.20. The predicted octanol–water partition coefficient (Wildman–Crippen LogP) is 3.55. The summed E-state index contributed by atoms with van der Waals surface area (Å²) in [6.07, 6.45) is 0. The summed E-state index contributed by atoms with van der Waals surface area (Å²) in [5.41, 5.74) is 0. The Balaban J connectivity index is 0. The molecule has 0 aliphatic carbocycles. The van der Waals surface area contributed by atoms with Crippen molar-refractivity contribution in [1.29, 1.82) is 0 Å². The molecule has 9 heteroatoms. The normalized spacial score (nSPS) is 18.0. The number of nitrogens with zero attached hydrogens (tertiary/aromatic N) is 2. The first-order valence-corrected chi connectivity index (χ1v) is 5.48. The predicted molar refractivity (Wildman–Crippen MR) is 45.3 cm³/mol. The van der Waals surface area contributed by atoms with E-state index in [1.807, 2.05) is 0 Å². The van der Waals surface area contributed by atoms with Crippen LogP contribution in [0.2, 0.25) is 0 Å². The van der Waals surface area contributed by atoms with Crippen molar-refractivity contribution in [3.05, 3.63) is 0 Å². The first-order chi connectivity index (χ1) is 5.39. The number of quaternary nitrogens is 1. The molecule has 0 atom stereocenters. The zero-order chi connectivity index (χ0) is 12.5. The average Bonchev–Trinajstić information content (AvgIpc) is 1.50. The van der Waals surface area contributed by atoms with Crippen LogP contribution in [-0.2, 0) is 0 Å². The van der Waals surface area contributed by atoms with Crippen LogP contribution in [0.5, 0.6) is 0 Å². The van der Waals surface area contributed by atoms with Crippen molar-refractivity contribution in [2.45, 2.75) is 0 Å². The van der Waals surface area contributed by atoms with Crippen molar-refractivity contribution in [1.82, 2.24) is 5.01 Å². The summed E-state index contributed by atoms with van der Waals surface area (Å²) >= 11 is 0. The van der Waals surface area contributed by atoms with Gasteiger partial charge in [-0.3, -0.25) is 4.59 Å². The van der Waals surface area contributed by atoms with Gasteiger partial charge in [-0.1, -0.05) is 0 Å². The molecular formula is C5H15F6N2P. The quantitative estimate of drug-likeness (QED) is 0.297. The van der Waals surface area contributed by atoms with Gasteiger partial charge in [-0.25, -0.2) is 0 Å². The van der Waals surface area contributed by atoms with Gasteiger partial charge in [0.1, 0.15) is 0 Å². The van der Waals surface area contributed by atoms with Gasteiger partial charge in [0.25, 0.3) is 0 Å². The molecule has 0 bridgehead atoms. The van der Waals surface area contributed by atoms with Crippen LogP contribution in [0.3, 0.4) is 0 Å². The fourth-order valence-corrected chi connectivity index (χ4v) is 0. The van der Waals surface area contributed by atoms with Crippen molar-refractivity contribution in [3.63, 3.8) is 0 Å². The Labute approximate surface area is 78.9 Å². The number of hydrogen-bond donors (Lipinski definition) is 0. The van der Waals surface area contributed by atoms with E-state index in [0.29, 0.717) is 0 Å². The van der Waals surface area contributed by atoms with E-state index in [9.17, 15) is 25.2 Å². The minimum atomic E-state index is -10.7. The molecule has 0 aromatic rings. The second-order valence-electron chi connectivity index (χ2n) is 3.75. The molecule has 92 valence electrons. The molecule has 0 heterocycles. The number of rotatable bonds is 1. The summed E-state index contributed by atoms with van der Waals surface area (Å²) in [4.78, 5) is 0. The third-order valence-electron chi connectivity index (χ3n) is 1.20. The molecule has 0 aliphatic heterocycles. The summed E-state index contributed by atoms with van der Waals surface area (Å²) in [7, 11) is -0.171. The van der Waals surface area contributed by atoms with Gasteiger partial charge >= 0.3 is 33.0 Å². The second-order valence-corrected chi connectivity index (χ2v) is 5.66. The van der Waals surface area contributed by atoms with Crippen LogP contribution in [0.15, 0.2) is 0 Å². The van der Waals surface area contributed by atoms with E-state index in [4.69, 9.17) is 0 Å².